The van der Waals surface area contributed by atoms with Crippen molar-refractivity contribution in [3.8, 4) is 11.5 Å². The molecule has 1 amide bonds. The Balaban J connectivity index is 2.11. The molecule has 0 unspecified atom stereocenters. The van der Waals surface area contributed by atoms with Crippen LogP contribution >= 0.6 is 15.9 Å². The Morgan fingerprint density at radius 1 is 1.07 bits per heavy atom. The zero-order valence-corrected chi connectivity index (χ0v) is 19.3. The molecule has 0 fully saturated rings. The van der Waals surface area contributed by atoms with Gasteiger partial charge < -0.3 is 14.8 Å². The molecule has 0 heterocycles. The van der Waals surface area contributed by atoms with Gasteiger partial charge in [0.15, 0.2) is 11.5 Å². The maximum atomic E-state index is 12.7. The first kappa shape index (κ1) is 23.2. The number of halogens is 1. The summed E-state index contributed by atoms with van der Waals surface area (Å²) in [7, 11) is -2.42. The molecule has 2 aromatic rings. The van der Waals surface area contributed by atoms with Gasteiger partial charge in [-0.05, 0) is 56.7 Å². The van der Waals surface area contributed by atoms with E-state index in [2.05, 4.69) is 21.2 Å². The van der Waals surface area contributed by atoms with E-state index in [0.29, 0.717) is 30.4 Å². The lowest BCUT2D eigenvalue weighted by Gasteiger charge is -2.18. The van der Waals surface area contributed by atoms with E-state index in [1.165, 1.54) is 13.1 Å². The SMILES string of the molecule is CCOc1ccc(NC(=O)CN(C)S(=O)(=O)c2ccc(Br)c(C)c2)cc1OCC. The molecule has 1 N–H and O–H groups in total. The van der Waals surface area contributed by atoms with Gasteiger partial charge in [-0.3, -0.25) is 4.79 Å². The predicted molar refractivity (Wildman–Crippen MR) is 116 cm³/mol. The monoisotopic (exact) mass is 484 g/mol. The van der Waals surface area contributed by atoms with Crippen LogP contribution in [0.3, 0.4) is 0 Å². The zero-order chi connectivity index (χ0) is 21.6. The molecule has 0 bridgehead atoms. The van der Waals surface area contributed by atoms with Crippen molar-refractivity contribution in [1.82, 2.24) is 4.31 Å². The van der Waals surface area contributed by atoms with Gasteiger partial charge >= 0.3 is 0 Å². The Morgan fingerprint density at radius 3 is 2.34 bits per heavy atom. The summed E-state index contributed by atoms with van der Waals surface area (Å²) in [5.41, 5.74) is 1.29. The van der Waals surface area contributed by atoms with Crippen LogP contribution in [0.2, 0.25) is 0 Å². The number of carbonyl (C=O) groups is 1. The molecule has 0 aliphatic rings. The Kier molecular flexibility index (Phi) is 8.06. The van der Waals surface area contributed by atoms with Crippen LogP contribution in [0.15, 0.2) is 45.8 Å². The van der Waals surface area contributed by atoms with Crippen molar-refractivity contribution in [3.05, 3.63) is 46.4 Å². The van der Waals surface area contributed by atoms with E-state index in [0.717, 1.165) is 14.3 Å². The maximum Gasteiger partial charge on any atom is 0.243 e. The Hall–Kier alpha value is -2.10. The van der Waals surface area contributed by atoms with Crippen LogP contribution < -0.4 is 14.8 Å². The van der Waals surface area contributed by atoms with E-state index in [9.17, 15) is 13.2 Å². The summed E-state index contributed by atoms with van der Waals surface area (Å²) in [5.74, 6) is 0.632. The third-order valence-corrected chi connectivity index (χ3v) is 6.72. The minimum absolute atomic E-state index is 0.133. The number of amides is 1. The number of hydrogen-bond donors (Lipinski definition) is 1. The number of aryl methyl sites for hydroxylation is 1. The summed E-state index contributed by atoms with van der Waals surface area (Å²) in [6.07, 6.45) is 0. The first-order valence-corrected chi connectivity index (χ1v) is 11.3. The van der Waals surface area contributed by atoms with Crippen molar-refractivity contribution < 1.29 is 22.7 Å². The minimum Gasteiger partial charge on any atom is -0.490 e. The number of rotatable bonds is 9. The largest absolute Gasteiger partial charge is 0.490 e. The van der Waals surface area contributed by atoms with E-state index in [4.69, 9.17) is 9.47 Å². The molecule has 158 valence electrons. The van der Waals surface area contributed by atoms with E-state index < -0.39 is 15.9 Å². The van der Waals surface area contributed by atoms with Gasteiger partial charge in [0.2, 0.25) is 15.9 Å². The van der Waals surface area contributed by atoms with Gasteiger partial charge in [0, 0.05) is 23.3 Å². The molecular weight excluding hydrogens is 460 g/mol. The number of nitrogens with zero attached hydrogens (tertiary/aromatic N) is 1. The first-order valence-electron chi connectivity index (χ1n) is 9.11. The third kappa shape index (κ3) is 5.94. The number of sulfonamides is 1. The minimum atomic E-state index is -3.79. The van der Waals surface area contributed by atoms with E-state index in [1.807, 2.05) is 13.8 Å². The normalized spacial score (nSPS) is 11.4. The number of carbonyl (C=O) groups excluding carboxylic acids is 1. The molecule has 0 atom stereocenters. The Labute approximate surface area is 180 Å². The number of anilines is 1. The maximum absolute atomic E-state index is 12.7. The fraction of sp³-hybridized carbons (Fsp3) is 0.350. The average Bonchev–Trinajstić information content (AvgIpc) is 2.66. The standard InChI is InChI=1S/C20H25BrN2O5S/c1-5-27-18-10-7-15(12-19(18)28-6-2)22-20(24)13-23(4)29(25,26)16-8-9-17(21)14(3)11-16/h7-12H,5-6,13H2,1-4H3,(H,22,24). The second-order valence-electron chi connectivity index (χ2n) is 6.25. The Bertz CT molecular complexity index is 979. The second-order valence-corrected chi connectivity index (χ2v) is 9.15. The summed E-state index contributed by atoms with van der Waals surface area (Å²) in [6.45, 7) is 6.14. The van der Waals surface area contributed by atoms with Crippen molar-refractivity contribution in [2.24, 2.45) is 0 Å². The molecule has 0 spiro atoms. The van der Waals surface area contributed by atoms with Gasteiger partial charge in [0.1, 0.15) is 0 Å². The first-order chi connectivity index (χ1) is 13.7. The van der Waals surface area contributed by atoms with E-state index in [-0.39, 0.29) is 11.4 Å². The van der Waals surface area contributed by atoms with Gasteiger partial charge in [-0.25, -0.2) is 8.42 Å². The Morgan fingerprint density at radius 2 is 1.72 bits per heavy atom. The molecular formula is C20H25BrN2O5S. The lowest BCUT2D eigenvalue weighted by molar-refractivity contribution is -0.116. The van der Waals surface area contributed by atoms with E-state index in [1.54, 1.807) is 37.3 Å². The van der Waals surface area contributed by atoms with Crippen molar-refractivity contribution in [2.75, 3.05) is 32.1 Å². The highest BCUT2D eigenvalue weighted by Crippen LogP contribution is 2.30. The van der Waals surface area contributed by atoms with Crippen LogP contribution in [0.4, 0.5) is 5.69 Å². The molecule has 9 heteroatoms. The average molecular weight is 485 g/mol. The highest BCUT2D eigenvalue weighted by molar-refractivity contribution is 9.10. The summed E-state index contributed by atoms with van der Waals surface area (Å²) in [4.78, 5) is 12.5. The van der Waals surface area contributed by atoms with Crippen molar-refractivity contribution in [3.63, 3.8) is 0 Å². The van der Waals surface area contributed by atoms with Gasteiger partial charge in [-0.1, -0.05) is 15.9 Å². The molecule has 0 radical (unpaired) electrons. The lowest BCUT2D eigenvalue weighted by Crippen LogP contribution is -2.35. The zero-order valence-electron chi connectivity index (χ0n) is 16.9. The van der Waals surface area contributed by atoms with Crippen molar-refractivity contribution in [1.29, 1.82) is 0 Å². The van der Waals surface area contributed by atoms with Crippen LogP contribution in [0.5, 0.6) is 11.5 Å². The molecule has 0 aromatic heterocycles. The fourth-order valence-corrected chi connectivity index (χ4v) is 4.03. The smallest absolute Gasteiger partial charge is 0.243 e. The fourth-order valence-electron chi connectivity index (χ4n) is 2.57. The summed E-state index contributed by atoms with van der Waals surface area (Å²) in [6, 6.07) is 9.77. The molecule has 2 aromatic carbocycles. The van der Waals surface area contributed by atoms with Crippen LogP contribution in [-0.2, 0) is 14.8 Å². The van der Waals surface area contributed by atoms with Gasteiger partial charge in [-0.15, -0.1) is 0 Å². The highest BCUT2D eigenvalue weighted by atomic mass is 79.9. The molecule has 0 saturated carbocycles. The molecule has 0 aliphatic heterocycles. The third-order valence-electron chi connectivity index (χ3n) is 4.03. The highest BCUT2D eigenvalue weighted by Gasteiger charge is 2.23. The van der Waals surface area contributed by atoms with E-state index >= 15 is 0 Å². The second kappa shape index (κ2) is 10.1. The number of hydrogen-bond acceptors (Lipinski definition) is 5. The van der Waals surface area contributed by atoms with Gasteiger partial charge in [0.25, 0.3) is 0 Å². The lowest BCUT2D eigenvalue weighted by atomic mass is 10.2. The number of likely N-dealkylation sites (N-methyl/N-ethyl adjacent to an activating group) is 1. The number of ether oxygens (including phenoxy) is 2. The van der Waals surface area contributed by atoms with Crippen LogP contribution in [0, 0.1) is 6.92 Å². The molecule has 0 aliphatic carbocycles. The molecule has 0 saturated heterocycles. The molecule has 29 heavy (non-hydrogen) atoms. The van der Waals surface area contributed by atoms with Crippen LogP contribution in [0.1, 0.15) is 19.4 Å². The topological polar surface area (TPSA) is 84.9 Å². The van der Waals surface area contributed by atoms with Crippen LogP contribution in [-0.4, -0.2) is 45.4 Å². The molecule has 7 nitrogen and oxygen atoms in total. The summed E-state index contributed by atoms with van der Waals surface area (Å²) in [5, 5.41) is 2.70. The van der Waals surface area contributed by atoms with Gasteiger partial charge in [-0.2, -0.15) is 4.31 Å². The number of benzene rings is 2. The molecule has 2 rings (SSSR count). The van der Waals surface area contributed by atoms with Crippen molar-refractivity contribution in [2.45, 2.75) is 25.7 Å². The number of nitrogens with one attached hydrogen (secondary N) is 1. The van der Waals surface area contributed by atoms with Crippen LogP contribution in [0.25, 0.3) is 0 Å². The van der Waals surface area contributed by atoms with Gasteiger partial charge in [0.05, 0.1) is 24.7 Å². The summed E-state index contributed by atoms with van der Waals surface area (Å²) < 4.78 is 38.3. The quantitative estimate of drug-likeness (QED) is 0.584. The summed E-state index contributed by atoms with van der Waals surface area (Å²) >= 11 is 3.35. The van der Waals surface area contributed by atoms with Crippen molar-refractivity contribution >= 4 is 37.5 Å². The predicted octanol–water partition coefficient (Wildman–Crippen LogP) is 3.81.